The second kappa shape index (κ2) is 10.4. The Hall–Kier alpha value is -1.68. The fourth-order valence-electron chi connectivity index (χ4n) is 3.73. The molecular formula is C20H31N3O5S. The van der Waals surface area contributed by atoms with E-state index in [9.17, 15) is 13.2 Å². The van der Waals surface area contributed by atoms with Crippen LogP contribution in [0.25, 0.3) is 0 Å². The molecular weight excluding hydrogens is 394 g/mol. The van der Waals surface area contributed by atoms with Gasteiger partial charge in [0.2, 0.25) is 10.0 Å². The third-order valence-corrected chi connectivity index (χ3v) is 6.86. The highest BCUT2D eigenvalue weighted by Crippen LogP contribution is 2.24. The standard InChI is InChI=1S/C20H31N3O5S/c1-27-19-7-6-17(16-18(19)20(24)23-12-14-28-15-13-23)29(25,26)21-8-5-11-22-9-3-2-4-10-22/h6-7,16,21H,2-5,8-15H2,1H3. The average molecular weight is 426 g/mol. The maximum absolute atomic E-state index is 12.9. The molecule has 0 aromatic heterocycles. The van der Waals surface area contributed by atoms with E-state index in [4.69, 9.17) is 9.47 Å². The Labute approximate surface area is 173 Å². The molecule has 0 spiro atoms. The highest BCUT2D eigenvalue weighted by molar-refractivity contribution is 7.89. The van der Waals surface area contributed by atoms with Crippen LogP contribution in [-0.2, 0) is 14.8 Å². The van der Waals surface area contributed by atoms with E-state index in [0.717, 1.165) is 26.1 Å². The van der Waals surface area contributed by atoms with Crippen LogP contribution in [0, 0.1) is 0 Å². The summed E-state index contributed by atoms with van der Waals surface area (Å²) in [6.45, 7) is 5.37. The molecule has 1 aromatic carbocycles. The lowest BCUT2D eigenvalue weighted by molar-refractivity contribution is 0.0300. The van der Waals surface area contributed by atoms with Crippen LogP contribution in [-0.4, -0.2) is 83.7 Å². The molecule has 0 atom stereocenters. The molecule has 2 fully saturated rings. The second-order valence-electron chi connectivity index (χ2n) is 7.42. The molecule has 0 radical (unpaired) electrons. The number of methoxy groups -OCH3 is 1. The number of carbonyl (C=O) groups excluding carboxylic acids is 1. The van der Waals surface area contributed by atoms with Gasteiger partial charge in [-0.15, -0.1) is 0 Å². The van der Waals surface area contributed by atoms with E-state index in [0.29, 0.717) is 38.6 Å². The van der Waals surface area contributed by atoms with Crippen molar-refractivity contribution in [3.05, 3.63) is 23.8 Å². The summed E-state index contributed by atoms with van der Waals surface area (Å²) in [6, 6.07) is 4.42. The predicted octanol–water partition coefficient (Wildman–Crippen LogP) is 1.32. The van der Waals surface area contributed by atoms with Crippen molar-refractivity contribution in [2.24, 2.45) is 0 Å². The Morgan fingerprint density at radius 3 is 2.55 bits per heavy atom. The van der Waals surface area contributed by atoms with Gasteiger partial charge in [0.1, 0.15) is 5.75 Å². The first-order chi connectivity index (χ1) is 14.0. The molecule has 2 saturated heterocycles. The van der Waals surface area contributed by atoms with Gasteiger partial charge in [0, 0.05) is 19.6 Å². The van der Waals surface area contributed by atoms with E-state index < -0.39 is 10.0 Å². The number of hydrogen-bond donors (Lipinski definition) is 1. The van der Waals surface area contributed by atoms with E-state index in [1.54, 1.807) is 4.90 Å². The van der Waals surface area contributed by atoms with Gasteiger partial charge < -0.3 is 19.3 Å². The van der Waals surface area contributed by atoms with E-state index in [-0.39, 0.29) is 16.4 Å². The van der Waals surface area contributed by atoms with Crippen LogP contribution < -0.4 is 9.46 Å². The number of hydrogen-bond acceptors (Lipinski definition) is 6. The smallest absolute Gasteiger partial charge is 0.257 e. The summed E-state index contributed by atoms with van der Waals surface area (Å²) in [5.74, 6) is 0.123. The van der Waals surface area contributed by atoms with Gasteiger partial charge >= 0.3 is 0 Å². The van der Waals surface area contributed by atoms with Crippen LogP contribution in [0.15, 0.2) is 23.1 Å². The fraction of sp³-hybridized carbons (Fsp3) is 0.650. The van der Waals surface area contributed by atoms with Crippen LogP contribution in [0.2, 0.25) is 0 Å². The Kier molecular flexibility index (Phi) is 7.88. The molecule has 8 nitrogen and oxygen atoms in total. The molecule has 0 bridgehead atoms. The number of piperidine rings is 1. The minimum absolute atomic E-state index is 0.0767. The number of amides is 1. The van der Waals surface area contributed by atoms with Crippen molar-refractivity contribution in [2.45, 2.75) is 30.6 Å². The van der Waals surface area contributed by atoms with E-state index in [2.05, 4.69) is 9.62 Å². The maximum atomic E-state index is 12.9. The summed E-state index contributed by atoms with van der Waals surface area (Å²) in [7, 11) is -2.22. The Morgan fingerprint density at radius 1 is 1.14 bits per heavy atom. The minimum atomic E-state index is -3.69. The molecule has 9 heteroatoms. The number of likely N-dealkylation sites (tertiary alicyclic amines) is 1. The highest BCUT2D eigenvalue weighted by atomic mass is 32.2. The number of nitrogens with zero attached hydrogens (tertiary/aromatic N) is 2. The van der Waals surface area contributed by atoms with E-state index in [1.165, 1.54) is 44.6 Å². The van der Waals surface area contributed by atoms with Gasteiger partial charge in [-0.3, -0.25) is 4.79 Å². The normalized spacial score (nSPS) is 18.6. The predicted molar refractivity (Wildman–Crippen MR) is 110 cm³/mol. The Morgan fingerprint density at radius 2 is 1.86 bits per heavy atom. The zero-order valence-electron chi connectivity index (χ0n) is 17.1. The molecule has 29 heavy (non-hydrogen) atoms. The molecule has 0 saturated carbocycles. The van der Waals surface area contributed by atoms with Crippen molar-refractivity contribution in [1.29, 1.82) is 0 Å². The summed E-state index contributed by atoms with van der Waals surface area (Å²) < 4.78 is 38.7. The first kappa shape index (κ1) is 22.0. The Bertz CT molecular complexity index is 787. The van der Waals surface area contributed by atoms with E-state index in [1.807, 2.05) is 0 Å². The monoisotopic (exact) mass is 425 g/mol. The fourth-order valence-corrected chi connectivity index (χ4v) is 4.83. The van der Waals surface area contributed by atoms with Gasteiger partial charge in [-0.05, 0) is 57.1 Å². The number of sulfonamides is 1. The van der Waals surface area contributed by atoms with Gasteiger partial charge in [-0.2, -0.15) is 0 Å². The quantitative estimate of drug-likeness (QED) is 0.632. The van der Waals surface area contributed by atoms with Crippen molar-refractivity contribution >= 4 is 15.9 Å². The summed E-state index contributed by atoms with van der Waals surface area (Å²) in [5.41, 5.74) is 0.255. The highest BCUT2D eigenvalue weighted by Gasteiger charge is 2.24. The molecule has 1 aromatic rings. The second-order valence-corrected chi connectivity index (χ2v) is 9.19. The van der Waals surface area contributed by atoms with Crippen molar-refractivity contribution < 1.29 is 22.7 Å². The van der Waals surface area contributed by atoms with Crippen LogP contribution in [0.5, 0.6) is 5.75 Å². The van der Waals surface area contributed by atoms with Crippen molar-refractivity contribution in [2.75, 3.05) is 59.6 Å². The van der Waals surface area contributed by atoms with Crippen molar-refractivity contribution in [3.8, 4) is 5.75 Å². The summed E-state index contributed by atoms with van der Waals surface area (Å²) in [5, 5.41) is 0. The summed E-state index contributed by atoms with van der Waals surface area (Å²) >= 11 is 0. The van der Waals surface area contributed by atoms with Gasteiger partial charge in [0.05, 0.1) is 30.8 Å². The van der Waals surface area contributed by atoms with Crippen molar-refractivity contribution in [1.82, 2.24) is 14.5 Å². The molecule has 162 valence electrons. The van der Waals surface area contributed by atoms with Crippen molar-refractivity contribution in [3.63, 3.8) is 0 Å². The minimum Gasteiger partial charge on any atom is -0.496 e. The maximum Gasteiger partial charge on any atom is 0.257 e. The van der Waals surface area contributed by atoms with Gasteiger partial charge in [0.15, 0.2) is 0 Å². The summed E-state index contributed by atoms with van der Waals surface area (Å²) in [4.78, 5) is 17.0. The van der Waals surface area contributed by atoms with Crippen LogP contribution in [0.4, 0.5) is 0 Å². The first-order valence-electron chi connectivity index (χ1n) is 10.3. The number of benzene rings is 1. The van der Waals surface area contributed by atoms with Crippen LogP contribution in [0.1, 0.15) is 36.0 Å². The summed E-state index contributed by atoms with van der Waals surface area (Å²) in [6.07, 6.45) is 4.48. The molecule has 3 rings (SSSR count). The number of ether oxygens (including phenoxy) is 2. The molecule has 2 aliphatic heterocycles. The van der Waals surface area contributed by atoms with Crippen LogP contribution in [0.3, 0.4) is 0 Å². The zero-order valence-corrected chi connectivity index (χ0v) is 17.9. The van der Waals surface area contributed by atoms with E-state index >= 15 is 0 Å². The topological polar surface area (TPSA) is 88.2 Å². The van der Waals surface area contributed by atoms with Gasteiger partial charge in [-0.25, -0.2) is 13.1 Å². The molecule has 1 amide bonds. The number of rotatable bonds is 8. The third-order valence-electron chi connectivity index (χ3n) is 5.40. The van der Waals surface area contributed by atoms with Crippen LogP contribution >= 0.6 is 0 Å². The molecule has 2 heterocycles. The zero-order chi connectivity index (χ0) is 20.7. The number of nitrogens with one attached hydrogen (secondary N) is 1. The van der Waals surface area contributed by atoms with Gasteiger partial charge in [0.25, 0.3) is 5.91 Å². The lowest BCUT2D eigenvalue weighted by Crippen LogP contribution is -2.40. The Balaban J connectivity index is 1.64. The molecule has 0 unspecified atom stereocenters. The first-order valence-corrected chi connectivity index (χ1v) is 11.8. The number of carbonyl (C=O) groups is 1. The lowest BCUT2D eigenvalue weighted by atomic mass is 10.1. The van der Waals surface area contributed by atoms with Gasteiger partial charge in [-0.1, -0.05) is 6.42 Å². The SMILES string of the molecule is COc1ccc(S(=O)(=O)NCCCN2CCCCC2)cc1C(=O)N1CCOCC1. The molecule has 1 N–H and O–H groups in total. The lowest BCUT2D eigenvalue weighted by Gasteiger charge is -2.27. The largest absolute Gasteiger partial charge is 0.496 e. The third kappa shape index (κ3) is 5.91. The number of morpholine rings is 1. The average Bonchev–Trinajstić information content (AvgIpc) is 2.77. The molecule has 0 aliphatic carbocycles. The molecule has 2 aliphatic rings.